The number of hydrogen-bond acceptors (Lipinski definition) is 4. The molecule has 1 N–H and O–H groups in total. The summed E-state index contributed by atoms with van der Waals surface area (Å²) in [4.78, 5) is 42.6. The molecule has 7 heteroatoms. The van der Waals surface area contributed by atoms with Crippen molar-refractivity contribution in [1.29, 1.82) is 0 Å². The quantitative estimate of drug-likeness (QED) is 0.789. The molecule has 2 heterocycles. The number of thioether (sulfide) groups is 1. The van der Waals surface area contributed by atoms with Gasteiger partial charge in [-0.25, -0.2) is 4.79 Å². The molecule has 2 aromatic carbocycles. The van der Waals surface area contributed by atoms with E-state index in [0.29, 0.717) is 17.4 Å². The molecule has 1 saturated heterocycles. The van der Waals surface area contributed by atoms with Gasteiger partial charge in [0.25, 0.3) is 5.91 Å². The minimum atomic E-state index is -1.17. The molecule has 2 aliphatic heterocycles. The number of benzene rings is 2. The predicted molar refractivity (Wildman–Crippen MR) is 113 cm³/mol. The molecule has 4 amide bonds. The highest BCUT2D eigenvalue weighted by atomic mass is 32.2. The van der Waals surface area contributed by atoms with Gasteiger partial charge in [0.15, 0.2) is 0 Å². The third kappa shape index (κ3) is 3.51. The van der Waals surface area contributed by atoms with Gasteiger partial charge >= 0.3 is 6.03 Å². The summed E-state index contributed by atoms with van der Waals surface area (Å²) in [5.74, 6) is -0.666. The number of imide groups is 1. The number of fused-ring (bicyclic) bond motifs is 1. The molecule has 0 radical (unpaired) electrons. The summed E-state index contributed by atoms with van der Waals surface area (Å²) >= 11 is 1.74. The fraction of sp³-hybridized carbons (Fsp3) is 0.318. The number of rotatable bonds is 3. The van der Waals surface area contributed by atoms with Crippen LogP contribution >= 0.6 is 11.8 Å². The second-order valence-electron chi connectivity index (χ2n) is 7.54. The highest BCUT2D eigenvalue weighted by molar-refractivity contribution is 8.00. The number of para-hydroxylation sites is 1. The molecule has 0 unspecified atom stereocenters. The second kappa shape index (κ2) is 7.55. The highest BCUT2D eigenvalue weighted by Crippen LogP contribution is 2.37. The van der Waals surface area contributed by atoms with Crippen molar-refractivity contribution in [2.75, 3.05) is 18.0 Å². The summed E-state index contributed by atoms with van der Waals surface area (Å²) in [6.45, 7) is 4.09. The van der Waals surface area contributed by atoms with Crippen molar-refractivity contribution in [3.05, 3.63) is 60.2 Å². The van der Waals surface area contributed by atoms with E-state index in [4.69, 9.17) is 0 Å². The Hall–Kier alpha value is -2.80. The van der Waals surface area contributed by atoms with Crippen molar-refractivity contribution < 1.29 is 14.4 Å². The van der Waals surface area contributed by atoms with Gasteiger partial charge in [-0.15, -0.1) is 11.8 Å². The molecular formula is C22H23N3O3S. The molecule has 0 aliphatic carbocycles. The Morgan fingerprint density at radius 3 is 2.59 bits per heavy atom. The molecule has 0 saturated carbocycles. The number of urea groups is 1. The van der Waals surface area contributed by atoms with Crippen LogP contribution in [-0.4, -0.2) is 41.1 Å². The molecule has 29 heavy (non-hydrogen) atoms. The van der Waals surface area contributed by atoms with Gasteiger partial charge < -0.3 is 10.2 Å². The van der Waals surface area contributed by atoms with Crippen molar-refractivity contribution in [3.8, 4) is 0 Å². The maximum atomic E-state index is 13.2. The topological polar surface area (TPSA) is 69.7 Å². The molecule has 0 bridgehead atoms. The Morgan fingerprint density at radius 1 is 1.14 bits per heavy atom. The number of amides is 4. The molecule has 0 aromatic heterocycles. The Labute approximate surface area is 174 Å². The third-order valence-electron chi connectivity index (χ3n) is 5.46. The van der Waals surface area contributed by atoms with E-state index in [1.165, 1.54) is 0 Å². The van der Waals surface area contributed by atoms with Crippen LogP contribution in [0.1, 0.15) is 25.8 Å². The first-order valence-electron chi connectivity index (χ1n) is 9.66. The standard InChI is InChI=1S/C22H23N3O3S/c1-15-12-13-24(17-10-6-7-11-18(17)29-15)19(26)14-25-20(27)22(2,23-21(25)28)16-8-4-3-5-9-16/h3-11,15H,12-14H2,1-2H3,(H,23,28)/t15-,22-/m0/s1. The number of anilines is 1. The van der Waals surface area contributed by atoms with Crippen molar-refractivity contribution in [3.63, 3.8) is 0 Å². The van der Waals surface area contributed by atoms with Crippen LogP contribution in [0.5, 0.6) is 0 Å². The molecule has 1 fully saturated rings. The average Bonchev–Trinajstić information content (AvgIpc) is 2.85. The van der Waals surface area contributed by atoms with E-state index >= 15 is 0 Å². The lowest BCUT2D eigenvalue weighted by Gasteiger charge is -2.25. The smallest absolute Gasteiger partial charge is 0.319 e. The fourth-order valence-corrected chi connectivity index (χ4v) is 4.89. The summed E-state index contributed by atoms with van der Waals surface area (Å²) in [7, 11) is 0. The predicted octanol–water partition coefficient (Wildman–Crippen LogP) is 3.37. The van der Waals surface area contributed by atoms with Gasteiger partial charge in [-0.1, -0.05) is 49.4 Å². The lowest BCUT2D eigenvalue weighted by atomic mass is 9.92. The van der Waals surface area contributed by atoms with E-state index < -0.39 is 17.5 Å². The summed E-state index contributed by atoms with van der Waals surface area (Å²) in [6, 6.07) is 16.3. The number of nitrogens with one attached hydrogen (secondary N) is 1. The molecule has 2 atom stereocenters. The molecule has 4 rings (SSSR count). The third-order valence-corrected chi connectivity index (χ3v) is 6.70. The van der Waals surface area contributed by atoms with Crippen LogP contribution in [0.15, 0.2) is 59.5 Å². The van der Waals surface area contributed by atoms with Gasteiger partial charge in [-0.3, -0.25) is 14.5 Å². The first-order chi connectivity index (χ1) is 13.9. The van der Waals surface area contributed by atoms with Crippen molar-refractivity contribution in [2.45, 2.75) is 36.0 Å². The van der Waals surface area contributed by atoms with Crippen molar-refractivity contribution in [1.82, 2.24) is 10.2 Å². The van der Waals surface area contributed by atoms with Gasteiger partial charge in [0, 0.05) is 16.7 Å². The van der Waals surface area contributed by atoms with Crippen molar-refractivity contribution in [2.24, 2.45) is 0 Å². The summed E-state index contributed by atoms with van der Waals surface area (Å²) in [5.41, 5.74) is 0.364. The largest absolute Gasteiger partial charge is 0.325 e. The zero-order valence-corrected chi connectivity index (χ0v) is 17.2. The Bertz CT molecular complexity index is 965. The first kappa shape index (κ1) is 19.5. The van der Waals surface area contributed by atoms with E-state index in [2.05, 4.69) is 12.2 Å². The number of hydrogen-bond donors (Lipinski definition) is 1. The van der Waals surface area contributed by atoms with Crippen LogP contribution in [0, 0.1) is 0 Å². The Balaban J connectivity index is 1.57. The van der Waals surface area contributed by atoms with Gasteiger partial charge in [0.2, 0.25) is 5.91 Å². The highest BCUT2D eigenvalue weighted by Gasteiger charge is 2.49. The maximum Gasteiger partial charge on any atom is 0.325 e. The SMILES string of the molecule is C[C@H]1CCN(C(=O)CN2C(=O)N[C@@](C)(c3ccccc3)C2=O)c2ccccc2S1. The van der Waals surface area contributed by atoms with Gasteiger partial charge in [-0.05, 0) is 31.0 Å². The Morgan fingerprint density at radius 2 is 1.83 bits per heavy atom. The lowest BCUT2D eigenvalue weighted by molar-refractivity contribution is -0.134. The minimum absolute atomic E-state index is 0.257. The van der Waals surface area contributed by atoms with Crippen LogP contribution in [0.25, 0.3) is 0 Å². The lowest BCUT2D eigenvalue weighted by Crippen LogP contribution is -2.45. The number of nitrogens with zero attached hydrogens (tertiary/aromatic N) is 2. The van der Waals surface area contributed by atoms with E-state index in [-0.39, 0.29) is 12.5 Å². The van der Waals surface area contributed by atoms with Crippen LogP contribution in [-0.2, 0) is 15.1 Å². The molecular weight excluding hydrogens is 386 g/mol. The van der Waals surface area contributed by atoms with E-state index in [1.807, 2.05) is 42.5 Å². The van der Waals surface area contributed by atoms with E-state index in [1.54, 1.807) is 35.7 Å². The molecule has 150 valence electrons. The van der Waals surface area contributed by atoms with Crippen LogP contribution in [0.2, 0.25) is 0 Å². The maximum absolute atomic E-state index is 13.2. The fourth-order valence-electron chi connectivity index (χ4n) is 3.77. The number of carbonyl (C=O) groups is 3. The second-order valence-corrected chi connectivity index (χ2v) is 9.02. The average molecular weight is 410 g/mol. The Kier molecular flexibility index (Phi) is 5.08. The zero-order chi connectivity index (χ0) is 20.6. The van der Waals surface area contributed by atoms with E-state index in [9.17, 15) is 14.4 Å². The molecule has 6 nitrogen and oxygen atoms in total. The first-order valence-corrected chi connectivity index (χ1v) is 10.5. The number of carbonyl (C=O) groups excluding carboxylic acids is 3. The van der Waals surface area contributed by atoms with Crippen LogP contribution in [0.3, 0.4) is 0 Å². The molecule has 2 aliphatic rings. The molecule has 0 spiro atoms. The van der Waals surface area contributed by atoms with Gasteiger partial charge in [0.1, 0.15) is 12.1 Å². The van der Waals surface area contributed by atoms with Crippen LogP contribution in [0.4, 0.5) is 10.5 Å². The normalized spacial score (nSPS) is 24.1. The van der Waals surface area contributed by atoms with E-state index in [0.717, 1.165) is 21.9 Å². The summed E-state index contributed by atoms with van der Waals surface area (Å²) in [5, 5.41) is 3.14. The zero-order valence-electron chi connectivity index (χ0n) is 16.4. The summed E-state index contributed by atoms with van der Waals surface area (Å²) < 4.78 is 0. The van der Waals surface area contributed by atoms with Gasteiger partial charge in [0.05, 0.1) is 5.69 Å². The van der Waals surface area contributed by atoms with Gasteiger partial charge in [-0.2, -0.15) is 0 Å². The minimum Gasteiger partial charge on any atom is -0.319 e. The molecule has 2 aromatic rings. The summed E-state index contributed by atoms with van der Waals surface area (Å²) in [6.07, 6.45) is 0.840. The van der Waals surface area contributed by atoms with Crippen molar-refractivity contribution >= 4 is 35.3 Å². The van der Waals surface area contributed by atoms with Crippen LogP contribution < -0.4 is 10.2 Å². The monoisotopic (exact) mass is 409 g/mol.